The minimum atomic E-state index is 0. The molecule has 0 unspecified atom stereocenters. The van der Waals surface area contributed by atoms with Crippen molar-refractivity contribution in [3.05, 3.63) is 0 Å². The summed E-state index contributed by atoms with van der Waals surface area (Å²) in [4.78, 5) is 0. The minimum absolute atomic E-state index is 0. The highest BCUT2D eigenvalue weighted by Gasteiger charge is 2.13. The molecule has 0 fully saturated rings. The molecule has 0 aromatic rings. The second kappa shape index (κ2) is 26.6. The molecule has 1 nitrogen and oxygen atoms in total. The maximum atomic E-state index is 2.45. The van der Waals surface area contributed by atoms with Crippen LogP contribution in [0.25, 0.3) is 0 Å². The molecule has 0 bridgehead atoms. The van der Waals surface area contributed by atoms with Gasteiger partial charge in [-0.1, -0.05) is 117 Å². The zero-order chi connectivity index (χ0) is 20.1. The highest BCUT2D eigenvalue weighted by molar-refractivity contribution is 5.85. The van der Waals surface area contributed by atoms with Gasteiger partial charge in [0.15, 0.2) is 0 Å². The molecule has 0 atom stereocenters. The Morgan fingerprint density at radius 1 is 0.379 bits per heavy atom. The Morgan fingerprint density at radius 3 is 0.828 bits per heavy atom. The lowest BCUT2D eigenvalue weighted by Gasteiger charge is -2.30. The normalized spacial score (nSPS) is 11.2. The van der Waals surface area contributed by atoms with Gasteiger partial charge in [-0.05, 0) is 25.7 Å². The fraction of sp³-hybridized carbons (Fsp3) is 1.00. The van der Waals surface area contributed by atoms with Crippen LogP contribution in [0.5, 0.6) is 0 Å². The molecule has 0 aromatic heterocycles. The van der Waals surface area contributed by atoms with E-state index in [0.717, 1.165) is 0 Å². The summed E-state index contributed by atoms with van der Waals surface area (Å²) < 4.78 is 1.24. The first kappa shape index (κ1) is 34.2. The molecule has 0 radical (unpaired) electrons. The molecule has 0 saturated carbocycles. The van der Waals surface area contributed by atoms with Crippen LogP contribution in [0.2, 0.25) is 0 Å². The van der Waals surface area contributed by atoms with Crippen LogP contribution in [0.3, 0.4) is 0 Å². The van der Waals surface area contributed by atoms with Crippen molar-refractivity contribution in [1.82, 2.24) is 0 Å². The first-order valence-electron chi connectivity index (χ1n) is 12.9. The highest BCUT2D eigenvalue weighted by atomic mass is 35.5. The van der Waals surface area contributed by atoms with Crippen LogP contribution in [0.15, 0.2) is 0 Å². The summed E-state index contributed by atoms with van der Waals surface area (Å²) in [5.74, 6) is 0. The van der Waals surface area contributed by atoms with E-state index in [2.05, 4.69) is 27.9 Å². The summed E-state index contributed by atoms with van der Waals surface area (Å²) in [6.07, 6.45) is 29.0. The summed E-state index contributed by atoms with van der Waals surface area (Å²) in [6, 6.07) is 0. The van der Waals surface area contributed by atoms with E-state index < -0.39 is 0 Å². The van der Waals surface area contributed by atoms with E-state index in [9.17, 15) is 0 Å². The molecule has 0 amide bonds. The van der Waals surface area contributed by atoms with Crippen LogP contribution in [0.1, 0.15) is 142 Å². The van der Waals surface area contributed by atoms with Crippen LogP contribution in [0, 0.1) is 0 Å². The molecule has 0 spiro atoms. The number of unbranched alkanes of at least 4 members (excludes halogenated alkanes) is 18. The second-order valence-corrected chi connectivity index (χ2v) is 9.75. The molecule has 0 heterocycles. The smallest absolute Gasteiger partial charge is 0.0782 e. The largest absolute Gasteiger partial charge is 1.00 e. The van der Waals surface area contributed by atoms with E-state index in [0.29, 0.717) is 0 Å². The van der Waals surface area contributed by atoms with Gasteiger partial charge in [0.05, 0.1) is 27.2 Å². The van der Waals surface area contributed by atoms with Gasteiger partial charge in [0, 0.05) is 0 Å². The van der Waals surface area contributed by atoms with Gasteiger partial charge in [-0.25, -0.2) is 0 Å². The predicted octanol–water partition coefficient (Wildman–Crippen LogP) is 6.33. The quantitative estimate of drug-likeness (QED) is 0.132. The summed E-state index contributed by atoms with van der Waals surface area (Å²) in [5, 5.41) is 0. The standard InChI is InChI=1S/C26H56N.2ClH/c1-5-7-9-11-13-15-17-19-21-23-25-27(3,4)26-24-22-20-18-16-14-12-10-8-6-2;;/h5-26H2,1-4H3;2*1H/q+1;;/p-1. The molecule has 0 aromatic carbocycles. The molecular weight excluding hydrogens is 397 g/mol. The van der Waals surface area contributed by atoms with E-state index in [-0.39, 0.29) is 24.8 Å². The predicted molar refractivity (Wildman–Crippen MR) is 133 cm³/mol. The number of rotatable bonds is 22. The molecule has 0 aliphatic rings. The number of quaternary nitrogens is 1. The van der Waals surface area contributed by atoms with E-state index in [4.69, 9.17) is 0 Å². The van der Waals surface area contributed by atoms with E-state index in [1.165, 1.54) is 146 Å². The zero-order valence-electron chi connectivity index (χ0n) is 20.8. The van der Waals surface area contributed by atoms with Gasteiger partial charge in [-0.2, -0.15) is 0 Å². The van der Waals surface area contributed by atoms with Crippen molar-refractivity contribution in [1.29, 1.82) is 0 Å². The van der Waals surface area contributed by atoms with E-state index in [1.54, 1.807) is 0 Å². The van der Waals surface area contributed by atoms with Gasteiger partial charge >= 0.3 is 0 Å². The Morgan fingerprint density at radius 2 is 0.586 bits per heavy atom. The minimum Gasteiger partial charge on any atom is -1.00 e. The Balaban J connectivity index is -0.00000338. The van der Waals surface area contributed by atoms with Crippen LogP contribution >= 0.6 is 12.4 Å². The van der Waals surface area contributed by atoms with Crippen molar-refractivity contribution >= 4 is 12.4 Å². The van der Waals surface area contributed by atoms with Gasteiger partial charge in [-0.3, -0.25) is 0 Å². The Labute approximate surface area is 198 Å². The number of hydrogen-bond acceptors (Lipinski definition) is 0. The fourth-order valence-electron chi connectivity index (χ4n) is 4.17. The zero-order valence-corrected chi connectivity index (χ0v) is 22.4. The third-order valence-corrected chi connectivity index (χ3v) is 6.23. The molecular formula is C26H57Cl2N. The SMILES string of the molecule is CCCCCCCCCCCC[N+](C)(C)CCCCCCCCCCCC.Cl.[Cl-]. The topological polar surface area (TPSA) is 0 Å². The maximum Gasteiger partial charge on any atom is 0.0782 e. The van der Waals surface area contributed by atoms with Crippen molar-refractivity contribution in [3.8, 4) is 0 Å². The van der Waals surface area contributed by atoms with Gasteiger partial charge in [-0.15, -0.1) is 12.4 Å². The van der Waals surface area contributed by atoms with Crippen molar-refractivity contribution in [3.63, 3.8) is 0 Å². The van der Waals surface area contributed by atoms with Crippen molar-refractivity contribution < 1.29 is 16.9 Å². The molecule has 0 rings (SSSR count). The molecule has 29 heavy (non-hydrogen) atoms. The van der Waals surface area contributed by atoms with Crippen LogP contribution in [-0.4, -0.2) is 31.7 Å². The molecule has 0 N–H and O–H groups in total. The lowest BCUT2D eigenvalue weighted by molar-refractivity contribution is -0.890. The fourth-order valence-corrected chi connectivity index (χ4v) is 4.17. The first-order chi connectivity index (χ1) is 13.1. The molecule has 3 heteroatoms. The van der Waals surface area contributed by atoms with Crippen molar-refractivity contribution in [2.24, 2.45) is 0 Å². The van der Waals surface area contributed by atoms with Crippen LogP contribution in [-0.2, 0) is 0 Å². The average Bonchev–Trinajstić information content (AvgIpc) is 2.64. The monoisotopic (exact) mass is 453 g/mol. The lowest BCUT2D eigenvalue weighted by Crippen LogP contribution is -3.00. The first-order valence-corrected chi connectivity index (χ1v) is 12.9. The van der Waals surface area contributed by atoms with Gasteiger partial charge in [0.25, 0.3) is 0 Å². The summed E-state index contributed by atoms with van der Waals surface area (Å²) in [5.41, 5.74) is 0. The number of hydrogen-bond donors (Lipinski definition) is 0. The summed E-state index contributed by atoms with van der Waals surface area (Å²) in [6.45, 7) is 7.37. The number of nitrogens with zero attached hydrogens (tertiary/aromatic N) is 1. The van der Waals surface area contributed by atoms with Crippen molar-refractivity contribution in [2.75, 3.05) is 27.2 Å². The van der Waals surface area contributed by atoms with E-state index in [1.807, 2.05) is 0 Å². The molecule has 0 saturated heterocycles. The third kappa shape index (κ3) is 28.5. The Hall–Kier alpha value is 0.540. The van der Waals surface area contributed by atoms with Gasteiger partial charge in [0.2, 0.25) is 0 Å². The lowest BCUT2D eigenvalue weighted by atomic mass is 10.1. The van der Waals surface area contributed by atoms with Crippen molar-refractivity contribution in [2.45, 2.75) is 142 Å². The molecule has 0 aliphatic heterocycles. The molecule has 0 aliphatic carbocycles. The summed E-state index contributed by atoms with van der Waals surface area (Å²) in [7, 11) is 4.89. The average molecular weight is 455 g/mol. The number of halogens is 2. The van der Waals surface area contributed by atoms with Gasteiger partial charge in [0.1, 0.15) is 0 Å². The Bertz CT molecular complexity index is 256. The summed E-state index contributed by atoms with van der Waals surface area (Å²) >= 11 is 0. The second-order valence-electron chi connectivity index (χ2n) is 9.75. The van der Waals surface area contributed by atoms with Crippen LogP contribution in [0.4, 0.5) is 0 Å². The van der Waals surface area contributed by atoms with Crippen LogP contribution < -0.4 is 12.4 Å². The Kier molecular flexibility index (Phi) is 31.3. The van der Waals surface area contributed by atoms with Gasteiger partial charge < -0.3 is 16.9 Å². The highest BCUT2D eigenvalue weighted by Crippen LogP contribution is 2.14. The third-order valence-electron chi connectivity index (χ3n) is 6.23. The molecule has 180 valence electrons. The van der Waals surface area contributed by atoms with E-state index >= 15 is 0 Å². The maximum absolute atomic E-state index is 2.45.